The lowest BCUT2D eigenvalue weighted by Crippen LogP contribution is -2.55. The van der Waals surface area contributed by atoms with Gasteiger partial charge in [-0.25, -0.2) is 4.39 Å². The average Bonchev–Trinajstić information content (AvgIpc) is 3.10. The van der Waals surface area contributed by atoms with Gasteiger partial charge in [0.1, 0.15) is 5.82 Å². The molecule has 0 aromatic heterocycles. The molecule has 2 aliphatic heterocycles. The molecule has 0 saturated carbocycles. The summed E-state index contributed by atoms with van der Waals surface area (Å²) in [7, 11) is 1.56. The zero-order valence-corrected chi connectivity index (χ0v) is 14.4. The summed E-state index contributed by atoms with van der Waals surface area (Å²) in [5, 5.41) is 2.57. The number of ether oxygens (including phenoxy) is 1. The lowest BCUT2D eigenvalue weighted by atomic mass is 10.1. The smallest absolute Gasteiger partial charge is 0.250 e. The van der Waals surface area contributed by atoms with Gasteiger partial charge in [0.25, 0.3) is 5.91 Å². The minimum atomic E-state index is -0.602. The van der Waals surface area contributed by atoms with Crippen molar-refractivity contribution in [2.75, 3.05) is 33.3 Å². The molecule has 2 aliphatic rings. The van der Waals surface area contributed by atoms with E-state index in [-0.39, 0.29) is 23.7 Å². The van der Waals surface area contributed by atoms with Crippen LogP contribution in [0.15, 0.2) is 24.3 Å². The Labute approximate surface area is 146 Å². The third kappa shape index (κ3) is 4.16. The lowest BCUT2D eigenvalue weighted by Gasteiger charge is -2.35. The topological polar surface area (TPSA) is 61.9 Å². The molecule has 3 rings (SSSR count). The van der Waals surface area contributed by atoms with E-state index in [1.54, 1.807) is 24.1 Å². The summed E-state index contributed by atoms with van der Waals surface area (Å²) in [5.74, 6) is -0.407. The number of likely N-dealkylation sites (tertiary alicyclic amines) is 1. The summed E-state index contributed by atoms with van der Waals surface area (Å²) < 4.78 is 18.5. The first-order chi connectivity index (χ1) is 12.1. The Kier molecular flexibility index (Phi) is 5.65. The Balaban J connectivity index is 1.64. The molecule has 25 heavy (non-hydrogen) atoms. The molecule has 1 aromatic rings. The number of halogens is 1. The van der Waals surface area contributed by atoms with Crippen LogP contribution >= 0.6 is 0 Å². The third-order valence-corrected chi connectivity index (χ3v) is 4.86. The van der Waals surface area contributed by atoms with E-state index in [1.165, 1.54) is 12.1 Å². The Morgan fingerprint density at radius 3 is 2.76 bits per heavy atom. The number of benzene rings is 1. The van der Waals surface area contributed by atoms with Crippen LogP contribution in [0.5, 0.6) is 0 Å². The summed E-state index contributed by atoms with van der Waals surface area (Å²) in [6.45, 7) is 2.64. The molecule has 2 atom stereocenters. The van der Waals surface area contributed by atoms with Crippen LogP contribution in [0.3, 0.4) is 0 Å². The first kappa shape index (κ1) is 17.8. The van der Waals surface area contributed by atoms with Crippen LogP contribution in [-0.4, -0.2) is 67.0 Å². The Morgan fingerprint density at radius 1 is 1.28 bits per heavy atom. The summed E-state index contributed by atoms with van der Waals surface area (Å²) in [4.78, 5) is 28.6. The van der Waals surface area contributed by atoms with Crippen molar-refractivity contribution in [1.29, 1.82) is 0 Å². The fourth-order valence-corrected chi connectivity index (χ4v) is 3.50. The molecule has 7 heteroatoms. The number of rotatable bonds is 4. The van der Waals surface area contributed by atoms with Gasteiger partial charge >= 0.3 is 0 Å². The zero-order valence-electron chi connectivity index (χ0n) is 14.4. The Morgan fingerprint density at radius 2 is 2.04 bits per heavy atom. The number of morpholine rings is 1. The van der Waals surface area contributed by atoms with Crippen molar-refractivity contribution in [3.05, 3.63) is 35.6 Å². The number of nitrogens with one attached hydrogen (secondary N) is 1. The van der Waals surface area contributed by atoms with Crippen molar-refractivity contribution < 1.29 is 18.7 Å². The Hall–Kier alpha value is -1.99. The normalized spacial score (nSPS) is 24.3. The van der Waals surface area contributed by atoms with Crippen molar-refractivity contribution in [3.63, 3.8) is 0 Å². The van der Waals surface area contributed by atoms with E-state index in [0.29, 0.717) is 26.2 Å². The maximum Gasteiger partial charge on any atom is 0.250 e. The summed E-state index contributed by atoms with van der Waals surface area (Å²) >= 11 is 0. The molecule has 136 valence electrons. The van der Waals surface area contributed by atoms with Crippen molar-refractivity contribution in [1.82, 2.24) is 15.1 Å². The van der Waals surface area contributed by atoms with Crippen LogP contribution in [-0.2, 0) is 20.9 Å². The van der Waals surface area contributed by atoms with E-state index in [1.807, 2.05) is 0 Å². The van der Waals surface area contributed by atoms with Gasteiger partial charge in [0.2, 0.25) is 5.91 Å². The first-order valence-electron chi connectivity index (χ1n) is 8.69. The predicted molar refractivity (Wildman–Crippen MR) is 90.2 cm³/mol. The highest BCUT2D eigenvalue weighted by Gasteiger charge is 2.36. The van der Waals surface area contributed by atoms with Gasteiger partial charge in [0.05, 0.1) is 19.2 Å². The number of hydrogen-bond acceptors (Lipinski definition) is 4. The van der Waals surface area contributed by atoms with E-state index in [9.17, 15) is 14.0 Å². The maximum atomic E-state index is 13.1. The van der Waals surface area contributed by atoms with E-state index in [0.717, 1.165) is 24.9 Å². The minimum Gasteiger partial charge on any atom is -0.365 e. The molecule has 0 aliphatic carbocycles. The predicted octanol–water partition coefficient (Wildman–Crippen LogP) is 0.764. The van der Waals surface area contributed by atoms with E-state index in [2.05, 4.69) is 10.2 Å². The monoisotopic (exact) mass is 349 g/mol. The number of likely N-dealkylation sites (N-methyl/N-ethyl adjacent to an activating group) is 1. The van der Waals surface area contributed by atoms with Crippen molar-refractivity contribution >= 4 is 11.8 Å². The summed E-state index contributed by atoms with van der Waals surface area (Å²) in [6.07, 6.45) is 1.16. The van der Waals surface area contributed by atoms with Crippen molar-refractivity contribution in [3.8, 4) is 0 Å². The van der Waals surface area contributed by atoms with Gasteiger partial charge < -0.3 is 15.0 Å². The van der Waals surface area contributed by atoms with Crippen molar-refractivity contribution in [2.45, 2.75) is 31.5 Å². The quantitative estimate of drug-likeness (QED) is 0.872. The standard InChI is InChI=1S/C18H24FN3O3/c1-20-17(23)16-12-22(9-10-25-16)18(24)15-3-2-8-21(15)11-13-4-6-14(19)7-5-13/h4-7,15-16H,2-3,8-12H2,1H3,(H,20,23)/t15-,16-/m1/s1. The molecule has 2 heterocycles. The van der Waals surface area contributed by atoms with E-state index in [4.69, 9.17) is 4.74 Å². The fraction of sp³-hybridized carbons (Fsp3) is 0.556. The molecule has 2 saturated heterocycles. The highest BCUT2D eigenvalue weighted by Crippen LogP contribution is 2.23. The molecule has 0 spiro atoms. The number of hydrogen-bond donors (Lipinski definition) is 1. The highest BCUT2D eigenvalue weighted by atomic mass is 19.1. The van der Waals surface area contributed by atoms with Crippen LogP contribution in [0.1, 0.15) is 18.4 Å². The molecule has 0 radical (unpaired) electrons. The molecule has 0 bridgehead atoms. The number of amides is 2. The van der Waals surface area contributed by atoms with E-state index < -0.39 is 6.10 Å². The molecule has 0 unspecified atom stereocenters. The summed E-state index contributed by atoms with van der Waals surface area (Å²) in [5.41, 5.74) is 0.992. The number of nitrogens with zero attached hydrogens (tertiary/aromatic N) is 2. The van der Waals surface area contributed by atoms with Crippen LogP contribution in [0.25, 0.3) is 0 Å². The van der Waals surface area contributed by atoms with Gasteiger partial charge in [-0.15, -0.1) is 0 Å². The summed E-state index contributed by atoms with van der Waals surface area (Å²) in [6, 6.07) is 6.21. The lowest BCUT2D eigenvalue weighted by molar-refractivity contribution is -0.149. The maximum absolute atomic E-state index is 13.1. The van der Waals surface area contributed by atoms with Crippen molar-refractivity contribution in [2.24, 2.45) is 0 Å². The van der Waals surface area contributed by atoms with Crippen LogP contribution < -0.4 is 5.32 Å². The number of carbonyl (C=O) groups excluding carboxylic acids is 2. The highest BCUT2D eigenvalue weighted by molar-refractivity contribution is 5.85. The second-order valence-corrected chi connectivity index (χ2v) is 6.51. The van der Waals surface area contributed by atoms with Gasteiger partial charge in [-0.05, 0) is 37.1 Å². The second-order valence-electron chi connectivity index (χ2n) is 6.51. The molecular weight excluding hydrogens is 325 g/mol. The van der Waals surface area contributed by atoms with Gasteiger partial charge in [0, 0.05) is 20.1 Å². The molecule has 1 aromatic carbocycles. The molecular formula is C18H24FN3O3. The average molecular weight is 349 g/mol. The van der Waals surface area contributed by atoms with Gasteiger partial charge in [0.15, 0.2) is 6.10 Å². The fourth-order valence-electron chi connectivity index (χ4n) is 3.50. The zero-order chi connectivity index (χ0) is 17.8. The largest absolute Gasteiger partial charge is 0.365 e. The second kappa shape index (κ2) is 7.93. The third-order valence-electron chi connectivity index (χ3n) is 4.86. The Bertz CT molecular complexity index is 622. The number of carbonyl (C=O) groups is 2. The molecule has 2 fully saturated rings. The van der Waals surface area contributed by atoms with Crippen LogP contribution in [0, 0.1) is 5.82 Å². The van der Waals surface area contributed by atoms with Crippen LogP contribution in [0.4, 0.5) is 4.39 Å². The minimum absolute atomic E-state index is 0.0526. The SMILES string of the molecule is CNC(=O)[C@H]1CN(C(=O)[C@H]2CCCN2Cc2ccc(F)cc2)CCO1. The molecule has 6 nitrogen and oxygen atoms in total. The van der Waals surface area contributed by atoms with Gasteiger partial charge in [-0.1, -0.05) is 12.1 Å². The first-order valence-corrected chi connectivity index (χ1v) is 8.69. The van der Waals surface area contributed by atoms with Crippen LogP contribution in [0.2, 0.25) is 0 Å². The van der Waals surface area contributed by atoms with Gasteiger partial charge in [-0.3, -0.25) is 14.5 Å². The van der Waals surface area contributed by atoms with Gasteiger partial charge in [-0.2, -0.15) is 0 Å². The molecule has 2 amide bonds. The molecule has 1 N–H and O–H groups in total. The van der Waals surface area contributed by atoms with E-state index >= 15 is 0 Å².